The molecule has 0 spiro atoms. The molecule has 7 heteroatoms. The van der Waals surface area contributed by atoms with E-state index in [0.717, 1.165) is 0 Å². The van der Waals surface area contributed by atoms with Gasteiger partial charge in [-0.25, -0.2) is 8.42 Å². The monoisotopic (exact) mass is 306 g/mol. The summed E-state index contributed by atoms with van der Waals surface area (Å²) < 4.78 is 32.0. The zero-order valence-electron chi connectivity index (χ0n) is 11.2. The van der Waals surface area contributed by atoms with E-state index in [2.05, 4.69) is 4.72 Å². The van der Waals surface area contributed by atoms with Crippen molar-refractivity contribution in [1.29, 1.82) is 0 Å². The molecular weight excluding hydrogens is 292 g/mol. The molecule has 0 aliphatic rings. The predicted octanol–water partition coefficient (Wildman–Crippen LogP) is 1.59. The Bertz CT molecular complexity index is 772. The van der Waals surface area contributed by atoms with E-state index in [1.807, 2.05) is 0 Å². The minimum Gasteiger partial charge on any atom is -0.497 e. The van der Waals surface area contributed by atoms with Gasteiger partial charge in [-0.15, -0.1) is 0 Å². The summed E-state index contributed by atoms with van der Waals surface area (Å²) in [6.07, 6.45) is 0. The van der Waals surface area contributed by atoms with E-state index in [1.165, 1.54) is 31.4 Å². The quantitative estimate of drug-likeness (QED) is 0.876. The zero-order chi connectivity index (χ0) is 15.5. The van der Waals surface area contributed by atoms with Gasteiger partial charge in [0.25, 0.3) is 15.9 Å². The van der Waals surface area contributed by atoms with Crippen molar-refractivity contribution in [2.75, 3.05) is 11.8 Å². The maximum atomic E-state index is 12.3. The summed E-state index contributed by atoms with van der Waals surface area (Å²) in [6, 6.07) is 12.1. The molecule has 1 amide bonds. The van der Waals surface area contributed by atoms with E-state index in [9.17, 15) is 13.2 Å². The first-order valence-electron chi connectivity index (χ1n) is 6.00. The fraction of sp³-hybridized carbons (Fsp3) is 0.0714. The van der Waals surface area contributed by atoms with Crippen LogP contribution in [0.4, 0.5) is 5.69 Å². The molecule has 0 heterocycles. The number of rotatable bonds is 5. The highest BCUT2D eigenvalue weighted by Gasteiger charge is 2.17. The van der Waals surface area contributed by atoms with E-state index in [0.29, 0.717) is 5.75 Å². The van der Waals surface area contributed by atoms with Crippen LogP contribution in [0.25, 0.3) is 0 Å². The SMILES string of the molecule is COc1cccc(S(=O)(=O)Nc2ccccc2C(N)=O)c1. The molecule has 0 aromatic heterocycles. The Morgan fingerprint density at radius 2 is 1.86 bits per heavy atom. The van der Waals surface area contributed by atoms with Crippen molar-refractivity contribution in [3.63, 3.8) is 0 Å². The third-order valence-electron chi connectivity index (χ3n) is 2.79. The predicted molar refractivity (Wildman–Crippen MR) is 78.8 cm³/mol. The molecule has 110 valence electrons. The van der Waals surface area contributed by atoms with Gasteiger partial charge in [-0.3, -0.25) is 9.52 Å². The lowest BCUT2D eigenvalue weighted by Gasteiger charge is -2.11. The number of hydrogen-bond donors (Lipinski definition) is 2. The minimum absolute atomic E-state index is 0.0288. The lowest BCUT2D eigenvalue weighted by molar-refractivity contribution is 0.100. The first kappa shape index (κ1) is 14.9. The summed E-state index contributed by atoms with van der Waals surface area (Å²) in [5.41, 5.74) is 5.46. The molecule has 0 radical (unpaired) electrons. The zero-order valence-corrected chi connectivity index (χ0v) is 12.1. The smallest absolute Gasteiger partial charge is 0.262 e. The minimum atomic E-state index is -3.84. The summed E-state index contributed by atoms with van der Waals surface area (Å²) in [4.78, 5) is 11.3. The fourth-order valence-corrected chi connectivity index (χ4v) is 2.87. The van der Waals surface area contributed by atoms with Gasteiger partial charge < -0.3 is 10.5 Å². The number of nitrogens with two attached hydrogens (primary N) is 1. The van der Waals surface area contributed by atoms with Gasteiger partial charge in [0.05, 0.1) is 23.3 Å². The van der Waals surface area contributed by atoms with E-state index < -0.39 is 15.9 Å². The second kappa shape index (κ2) is 5.84. The van der Waals surface area contributed by atoms with Crippen molar-refractivity contribution in [1.82, 2.24) is 0 Å². The third-order valence-corrected chi connectivity index (χ3v) is 4.15. The van der Waals surface area contributed by atoms with Crippen molar-refractivity contribution in [3.8, 4) is 5.75 Å². The van der Waals surface area contributed by atoms with Crippen LogP contribution in [-0.2, 0) is 10.0 Å². The van der Waals surface area contributed by atoms with Crippen LogP contribution in [0.5, 0.6) is 5.75 Å². The Kier molecular flexibility index (Phi) is 4.13. The number of amides is 1. The second-order valence-electron chi connectivity index (χ2n) is 4.19. The van der Waals surface area contributed by atoms with Crippen molar-refractivity contribution in [3.05, 3.63) is 54.1 Å². The number of primary amides is 1. The van der Waals surface area contributed by atoms with Gasteiger partial charge in [0.1, 0.15) is 5.75 Å². The Morgan fingerprint density at radius 1 is 1.14 bits per heavy atom. The number of hydrogen-bond acceptors (Lipinski definition) is 4. The van der Waals surface area contributed by atoms with E-state index in [-0.39, 0.29) is 16.1 Å². The molecular formula is C14H14N2O4S. The summed E-state index contributed by atoms with van der Waals surface area (Å²) in [5, 5.41) is 0. The van der Waals surface area contributed by atoms with Crippen molar-refractivity contribution >= 4 is 21.6 Å². The maximum absolute atomic E-state index is 12.3. The molecule has 2 aromatic carbocycles. The van der Waals surface area contributed by atoms with E-state index >= 15 is 0 Å². The van der Waals surface area contributed by atoms with E-state index in [4.69, 9.17) is 10.5 Å². The molecule has 0 atom stereocenters. The standard InChI is InChI=1S/C14H14N2O4S/c1-20-10-5-4-6-11(9-10)21(18,19)16-13-8-3-2-7-12(13)14(15)17/h2-9,16H,1H3,(H2,15,17). The van der Waals surface area contributed by atoms with Gasteiger partial charge in [-0.05, 0) is 24.3 Å². The molecule has 3 N–H and O–H groups in total. The normalized spacial score (nSPS) is 10.9. The average Bonchev–Trinajstić information content (AvgIpc) is 2.47. The molecule has 2 aromatic rings. The van der Waals surface area contributed by atoms with Crippen LogP contribution in [0.3, 0.4) is 0 Å². The molecule has 6 nitrogen and oxygen atoms in total. The van der Waals surface area contributed by atoms with Crippen LogP contribution in [0.15, 0.2) is 53.4 Å². The number of ether oxygens (including phenoxy) is 1. The molecule has 0 saturated carbocycles. The number of carbonyl (C=O) groups excluding carboxylic acids is 1. The molecule has 0 aliphatic carbocycles. The Labute approximate surface area is 122 Å². The summed E-state index contributed by atoms with van der Waals surface area (Å²) in [5.74, 6) is -0.292. The largest absolute Gasteiger partial charge is 0.497 e. The first-order chi connectivity index (χ1) is 9.94. The summed E-state index contributed by atoms with van der Waals surface area (Å²) in [6.45, 7) is 0. The number of carbonyl (C=O) groups is 1. The number of nitrogens with one attached hydrogen (secondary N) is 1. The second-order valence-corrected chi connectivity index (χ2v) is 5.88. The summed E-state index contributed by atoms with van der Waals surface area (Å²) in [7, 11) is -2.39. The Hall–Kier alpha value is -2.54. The van der Waals surface area contributed by atoms with Crippen LogP contribution in [0, 0.1) is 0 Å². The van der Waals surface area contributed by atoms with Crippen LogP contribution >= 0.6 is 0 Å². The van der Waals surface area contributed by atoms with E-state index in [1.54, 1.807) is 24.3 Å². The van der Waals surface area contributed by atoms with Gasteiger partial charge in [0, 0.05) is 6.07 Å². The van der Waals surface area contributed by atoms with Crippen molar-refractivity contribution in [2.24, 2.45) is 5.73 Å². The highest BCUT2D eigenvalue weighted by molar-refractivity contribution is 7.92. The van der Waals surface area contributed by atoms with Gasteiger partial charge in [0.15, 0.2) is 0 Å². The average molecular weight is 306 g/mol. The van der Waals surface area contributed by atoms with Gasteiger partial charge >= 0.3 is 0 Å². The van der Waals surface area contributed by atoms with Crippen molar-refractivity contribution in [2.45, 2.75) is 4.90 Å². The molecule has 0 bridgehead atoms. The third kappa shape index (κ3) is 3.32. The molecule has 0 fully saturated rings. The molecule has 21 heavy (non-hydrogen) atoms. The van der Waals surface area contributed by atoms with Crippen LogP contribution in [0.2, 0.25) is 0 Å². The number of benzene rings is 2. The highest BCUT2D eigenvalue weighted by Crippen LogP contribution is 2.22. The maximum Gasteiger partial charge on any atom is 0.262 e. The van der Waals surface area contributed by atoms with Gasteiger partial charge in [0.2, 0.25) is 0 Å². The van der Waals surface area contributed by atoms with Crippen LogP contribution in [-0.4, -0.2) is 21.4 Å². The lowest BCUT2D eigenvalue weighted by Crippen LogP contribution is -2.18. The molecule has 0 saturated heterocycles. The number of sulfonamides is 1. The number of para-hydroxylation sites is 1. The summed E-state index contributed by atoms with van der Waals surface area (Å²) >= 11 is 0. The van der Waals surface area contributed by atoms with Crippen molar-refractivity contribution < 1.29 is 17.9 Å². The molecule has 0 unspecified atom stereocenters. The molecule has 0 aliphatic heterocycles. The van der Waals surface area contributed by atoms with Crippen LogP contribution in [0.1, 0.15) is 10.4 Å². The fourth-order valence-electron chi connectivity index (χ4n) is 1.76. The first-order valence-corrected chi connectivity index (χ1v) is 7.48. The Balaban J connectivity index is 2.40. The van der Waals surface area contributed by atoms with Gasteiger partial charge in [-0.2, -0.15) is 0 Å². The Morgan fingerprint density at radius 3 is 2.52 bits per heavy atom. The highest BCUT2D eigenvalue weighted by atomic mass is 32.2. The van der Waals surface area contributed by atoms with Crippen LogP contribution < -0.4 is 15.2 Å². The molecule has 2 rings (SSSR count). The number of anilines is 1. The lowest BCUT2D eigenvalue weighted by atomic mass is 10.2. The topological polar surface area (TPSA) is 98.5 Å². The van der Waals surface area contributed by atoms with Gasteiger partial charge in [-0.1, -0.05) is 18.2 Å². The number of methoxy groups -OCH3 is 1.